The van der Waals surface area contributed by atoms with Gasteiger partial charge in [0.05, 0.1) is 24.6 Å². The molecule has 0 fully saturated rings. The minimum atomic E-state index is -3.71. The van der Waals surface area contributed by atoms with E-state index in [2.05, 4.69) is 15.0 Å². The lowest BCUT2D eigenvalue weighted by atomic mass is 10.3. The smallest absolute Gasteiger partial charge is 0.246 e. The van der Waals surface area contributed by atoms with Crippen molar-refractivity contribution >= 4 is 21.6 Å². The summed E-state index contributed by atoms with van der Waals surface area (Å²) < 4.78 is 26.7. The second-order valence-corrected chi connectivity index (χ2v) is 6.88. The third-order valence-electron chi connectivity index (χ3n) is 2.82. The normalized spacial score (nSPS) is 12.0. The van der Waals surface area contributed by atoms with Crippen molar-refractivity contribution in [2.45, 2.75) is 31.3 Å². The lowest BCUT2D eigenvalue weighted by Crippen LogP contribution is -2.36. The van der Waals surface area contributed by atoms with Gasteiger partial charge < -0.3 is 0 Å². The van der Waals surface area contributed by atoms with Crippen LogP contribution >= 0.6 is 11.6 Å². The number of pyridine rings is 1. The largest absolute Gasteiger partial charge is 0.260 e. The molecule has 2 aromatic rings. The Kier molecular flexibility index (Phi) is 4.87. The first kappa shape index (κ1) is 15.8. The van der Waals surface area contributed by atoms with Crippen LogP contribution < -0.4 is 0 Å². The van der Waals surface area contributed by atoms with E-state index in [0.29, 0.717) is 5.69 Å². The third-order valence-corrected chi connectivity index (χ3v) is 4.99. The fourth-order valence-corrected chi connectivity index (χ4v) is 3.36. The molecule has 112 valence electrons. The van der Waals surface area contributed by atoms with E-state index in [1.807, 2.05) is 6.07 Å². The summed E-state index contributed by atoms with van der Waals surface area (Å²) in [7, 11) is -3.71. The number of nitrogens with zero attached hydrogens (tertiary/aromatic N) is 4. The quantitative estimate of drug-likeness (QED) is 0.787. The summed E-state index contributed by atoms with van der Waals surface area (Å²) in [6.45, 7) is 3.79. The van der Waals surface area contributed by atoms with Gasteiger partial charge in [0.1, 0.15) is 4.90 Å². The molecule has 2 rings (SSSR count). The number of hydrogen-bond acceptors (Lipinski definition) is 5. The molecule has 0 spiro atoms. The van der Waals surface area contributed by atoms with Crippen LogP contribution in [0.3, 0.4) is 0 Å². The van der Waals surface area contributed by atoms with E-state index in [9.17, 15) is 8.42 Å². The molecule has 0 saturated carbocycles. The fraction of sp³-hybridized carbons (Fsp3) is 0.308. The summed E-state index contributed by atoms with van der Waals surface area (Å²) in [5.74, 6) is 0. The van der Waals surface area contributed by atoms with Crippen LogP contribution in [0.1, 0.15) is 19.5 Å². The Bertz CT molecular complexity index is 690. The molecule has 21 heavy (non-hydrogen) atoms. The zero-order valence-electron chi connectivity index (χ0n) is 11.6. The predicted molar refractivity (Wildman–Crippen MR) is 79.1 cm³/mol. The van der Waals surface area contributed by atoms with E-state index >= 15 is 0 Å². The Morgan fingerprint density at radius 3 is 2.38 bits per heavy atom. The van der Waals surface area contributed by atoms with E-state index in [0.717, 1.165) is 0 Å². The SMILES string of the molecule is CC(C)N(Cc1ccccn1)S(=O)(=O)c1cnc(Cl)nc1. The molecule has 0 bridgehead atoms. The summed E-state index contributed by atoms with van der Waals surface area (Å²) in [5.41, 5.74) is 0.671. The van der Waals surface area contributed by atoms with Gasteiger partial charge in [-0.25, -0.2) is 18.4 Å². The lowest BCUT2D eigenvalue weighted by molar-refractivity contribution is 0.344. The molecule has 0 aliphatic carbocycles. The van der Waals surface area contributed by atoms with Gasteiger partial charge in [0.25, 0.3) is 0 Å². The van der Waals surface area contributed by atoms with Crippen LogP contribution in [0, 0.1) is 0 Å². The van der Waals surface area contributed by atoms with Crippen molar-refractivity contribution in [3.63, 3.8) is 0 Å². The number of hydrogen-bond donors (Lipinski definition) is 0. The zero-order valence-corrected chi connectivity index (χ0v) is 13.2. The molecule has 0 amide bonds. The van der Waals surface area contributed by atoms with Crippen molar-refractivity contribution < 1.29 is 8.42 Å². The number of halogens is 1. The maximum absolute atomic E-state index is 12.7. The van der Waals surface area contributed by atoms with Crippen molar-refractivity contribution in [2.75, 3.05) is 0 Å². The molecule has 2 aromatic heterocycles. The second-order valence-electron chi connectivity index (χ2n) is 4.65. The van der Waals surface area contributed by atoms with Gasteiger partial charge in [0, 0.05) is 12.2 Å². The summed E-state index contributed by atoms with van der Waals surface area (Å²) in [6, 6.07) is 5.15. The van der Waals surface area contributed by atoms with Gasteiger partial charge in [-0.2, -0.15) is 4.31 Å². The molecular formula is C13H15ClN4O2S. The van der Waals surface area contributed by atoms with Crippen molar-refractivity contribution in [3.05, 3.63) is 47.8 Å². The molecule has 0 N–H and O–H groups in total. The Morgan fingerprint density at radius 2 is 1.86 bits per heavy atom. The highest BCUT2D eigenvalue weighted by atomic mass is 35.5. The summed E-state index contributed by atoms with van der Waals surface area (Å²) in [4.78, 5) is 11.6. The number of rotatable bonds is 5. The standard InChI is InChI=1S/C13H15ClN4O2S/c1-10(2)18(9-11-5-3-4-6-15-11)21(19,20)12-7-16-13(14)17-8-12/h3-8,10H,9H2,1-2H3. The first-order valence-electron chi connectivity index (χ1n) is 6.30. The first-order valence-corrected chi connectivity index (χ1v) is 8.12. The minimum absolute atomic E-state index is 0.00905. The summed E-state index contributed by atoms with van der Waals surface area (Å²) >= 11 is 5.59. The van der Waals surface area contributed by atoms with Gasteiger partial charge >= 0.3 is 0 Å². The van der Waals surface area contributed by atoms with Crippen molar-refractivity contribution in [1.82, 2.24) is 19.3 Å². The van der Waals surface area contributed by atoms with Gasteiger partial charge in [-0.1, -0.05) is 6.07 Å². The summed E-state index contributed by atoms with van der Waals surface area (Å²) in [6.07, 6.45) is 4.04. The molecule has 0 radical (unpaired) electrons. The van der Waals surface area contributed by atoms with Crippen LogP contribution in [0.15, 0.2) is 41.7 Å². The van der Waals surface area contributed by atoms with Crippen LogP contribution in [0.2, 0.25) is 5.28 Å². The Balaban J connectivity index is 2.35. The highest BCUT2D eigenvalue weighted by molar-refractivity contribution is 7.89. The highest BCUT2D eigenvalue weighted by Gasteiger charge is 2.28. The average Bonchev–Trinajstić information content (AvgIpc) is 2.46. The van der Waals surface area contributed by atoms with Gasteiger partial charge in [-0.3, -0.25) is 4.98 Å². The molecule has 2 heterocycles. The molecule has 0 unspecified atom stereocenters. The van der Waals surface area contributed by atoms with Crippen molar-refractivity contribution in [2.24, 2.45) is 0 Å². The van der Waals surface area contributed by atoms with Crippen molar-refractivity contribution in [1.29, 1.82) is 0 Å². The molecular weight excluding hydrogens is 312 g/mol. The van der Waals surface area contributed by atoms with Gasteiger partial charge in [0.2, 0.25) is 15.3 Å². The Labute approximate surface area is 128 Å². The van der Waals surface area contributed by atoms with Crippen LogP contribution in [-0.4, -0.2) is 33.7 Å². The number of aromatic nitrogens is 3. The zero-order chi connectivity index (χ0) is 15.5. The molecule has 0 saturated heterocycles. The summed E-state index contributed by atoms with van der Waals surface area (Å²) in [5, 5.41) is 0.00905. The van der Waals surface area contributed by atoms with E-state index in [1.165, 1.54) is 16.7 Å². The van der Waals surface area contributed by atoms with Crippen LogP contribution in [-0.2, 0) is 16.6 Å². The molecule has 0 aliphatic heterocycles. The fourth-order valence-electron chi connectivity index (χ4n) is 1.77. The van der Waals surface area contributed by atoms with E-state index in [-0.39, 0.29) is 22.8 Å². The Morgan fingerprint density at radius 1 is 1.19 bits per heavy atom. The molecule has 0 atom stereocenters. The van der Waals surface area contributed by atoms with E-state index < -0.39 is 10.0 Å². The van der Waals surface area contributed by atoms with Gasteiger partial charge in [-0.15, -0.1) is 0 Å². The van der Waals surface area contributed by atoms with E-state index in [4.69, 9.17) is 11.6 Å². The van der Waals surface area contributed by atoms with Gasteiger partial charge in [0.15, 0.2) is 0 Å². The molecule has 6 nitrogen and oxygen atoms in total. The van der Waals surface area contributed by atoms with Crippen LogP contribution in [0.25, 0.3) is 0 Å². The number of sulfonamides is 1. The first-order chi connectivity index (χ1) is 9.91. The van der Waals surface area contributed by atoms with Crippen molar-refractivity contribution in [3.8, 4) is 0 Å². The maximum Gasteiger partial charge on any atom is 0.246 e. The second kappa shape index (κ2) is 6.46. The molecule has 0 aromatic carbocycles. The molecule has 8 heteroatoms. The average molecular weight is 327 g/mol. The topological polar surface area (TPSA) is 76.1 Å². The molecule has 0 aliphatic rings. The minimum Gasteiger partial charge on any atom is -0.260 e. The predicted octanol–water partition coefficient (Wildman–Crippen LogP) is 2.12. The van der Waals surface area contributed by atoms with Gasteiger partial charge in [-0.05, 0) is 37.6 Å². The van der Waals surface area contributed by atoms with Crippen LogP contribution in [0.4, 0.5) is 0 Å². The van der Waals surface area contributed by atoms with Crippen LogP contribution in [0.5, 0.6) is 0 Å². The monoisotopic (exact) mass is 326 g/mol. The third kappa shape index (κ3) is 3.75. The maximum atomic E-state index is 12.7. The lowest BCUT2D eigenvalue weighted by Gasteiger charge is -2.25. The highest BCUT2D eigenvalue weighted by Crippen LogP contribution is 2.19. The van der Waals surface area contributed by atoms with E-state index in [1.54, 1.807) is 32.2 Å². The Hall–Kier alpha value is -1.57.